The summed E-state index contributed by atoms with van der Waals surface area (Å²) >= 11 is 0. The van der Waals surface area contributed by atoms with E-state index in [-0.39, 0.29) is 24.0 Å². The van der Waals surface area contributed by atoms with Crippen molar-refractivity contribution in [3.63, 3.8) is 0 Å². The molecule has 30 heavy (non-hydrogen) atoms. The summed E-state index contributed by atoms with van der Waals surface area (Å²) in [5, 5.41) is 7.20. The standard InChI is InChI=1S/C25H34N4.HI/c1-19-8-10-20(11-9-19)14-15-27-25(26-2)28-22-16-23-12-13-24(17-22)29(23)18-21-6-4-3-5-7-21;/h3-11,22-24H,12-18H2,1-2H3,(H2,26,27,28);1H. The Kier molecular flexibility index (Phi) is 8.57. The maximum atomic E-state index is 4.47. The molecule has 4 nitrogen and oxygen atoms in total. The van der Waals surface area contributed by atoms with E-state index in [1.807, 2.05) is 7.05 Å². The summed E-state index contributed by atoms with van der Waals surface area (Å²) in [6, 6.07) is 21.6. The van der Waals surface area contributed by atoms with Gasteiger partial charge in [-0.1, -0.05) is 60.2 Å². The molecule has 2 N–H and O–H groups in total. The van der Waals surface area contributed by atoms with Crippen LogP contribution in [0.3, 0.4) is 0 Å². The second kappa shape index (κ2) is 11.1. The first-order valence-corrected chi connectivity index (χ1v) is 11.0. The number of nitrogens with zero attached hydrogens (tertiary/aromatic N) is 2. The third kappa shape index (κ3) is 5.97. The third-order valence-electron chi connectivity index (χ3n) is 6.48. The zero-order chi connectivity index (χ0) is 20.1. The Balaban J connectivity index is 0.00000256. The highest BCUT2D eigenvalue weighted by Gasteiger charge is 2.40. The van der Waals surface area contributed by atoms with E-state index < -0.39 is 0 Å². The average Bonchev–Trinajstić information content (AvgIpc) is 2.97. The number of halogens is 1. The van der Waals surface area contributed by atoms with Gasteiger partial charge in [-0.3, -0.25) is 9.89 Å². The predicted molar refractivity (Wildman–Crippen MR) is 137 cm³/mol. The molecule has 2 aliphatic rings. The lowest BCUT2D eigenvalue weighted by Crippen LogP contribution is -2.52. The molecule has 162 valence electrons. The molecule has 2 bridgehead atoms. The Morgan fingerprint density at radius 2 is 1.63 bits per heavy atom. The molecule has 0 radical (unpaired) electrons. The molecule has 2 fully saturated rings. The molecule has 2 aromatic rings. The Labute approximate surface area is 198 Å². The highest BCUT2D eigenvalue weighted by atomic mass is 127. The van der Waals surface area contributed by atoms with Gasteiger partial charge in [-0.15, -0.1) is 24.0 Å². The van der Waals surface area contributed by atoms with Crippen molar-refractivity contribution in [3.05, 3.63) is 71.3 Å². The van der Waals surface area contributed by atoms with E-state index in [2.05, 4.69) is 82.0 Å². The first-order chi connectivity index (χ1) is 14.2. The van der Waals surface area contributed by atoms with Crippen LogP contribution in [-0.4, -0.2) is 42.6 Å². The summed E-state index contributed by atoms with van der Waals surface area (Å²) in [5.74, 6) is 0.943. The van der Waals surface area contributed by atoms with Gasteiger partial charge in [0.1, 0.15) is 0 Å². The van der Waals surface area contributed by atoms with E-state index >= 15 is 0 Å². The van der Waals surface area contributed by atoms with Gasteiger partial charge in [0.05, 0.1) is 0 Å². The fourth-order valence-corrected chi connectivity index (χ4v) is 4.91. The number of guanidine groups is 1. The fraction of sp³-hybridized carbons (Fsp3) is 0.480. The van der Waals surface area contributed by atoms with Gasteiger partial charge in [0, 0.05) is 38.3 Å². The molecule has 0 aliphatic carbocycles. The Bertz CT molecular complexity index is 792. The zero-order valence-electron chi connectivity index (χ0n) is 18.2. The van der Waals surface area contributed by atoms with Crippen molar-refractivity contribution in [1.82, 2.24) is 15.5 Å². The van der Waals surface area contributed by atoms with Gasteiger partial charge in [0.2, 0.25) is 0 Å². The van der Waals surface area contributed by atoms with Gasteiger partial charge in [0.25, 0.3) is 0 Å². The summed E-state index contributed by atoms with van der Waals surface area (Å²) in [5.41, 5.74) is 4.11. The monoisotopic (exact) mass is 518 g/mol. The van der Waals surface area contributed by atoms with E-state index in [1.54, 1.807) is 0 Å². The molecule has 2 atom stereocenters. The highest BCUT2D eigenvalue weighted by Crippen LogP contribution is 2.36. The van der Waals surface area contributed by atoms with Crippen LogP contribution in [0.25, 0.3) is 0 Å². The second-order valence-corrected chi connectivity index (χ2v) is 8.59. The number of aryl methyl sites for hydroxylation is 1. The molecule has 5 heteroatoms. The summed E-state index contributed by atoms with van der Waals surface area (Å²) in [6.45, 7) is 4.13. The van der Waals surface area contributed by atoms with Crippen molar-refractivity contribution < 1.29 is 0 Å². The SMILES string of the molecule is CN=C(NCCc1ccc(C)cc1)NC1CC2CCC(C1)N2Cc1ccccc1.I. The van der Waals surface area contributed by atoms with Crippen LogP contribution in [0.5, 0.6) is 0 Å². The van der Waals surface area contributed by atoms with Crippen molar-refractivity contribution in [2.45, 2.75) is 63.7 Å². The summed E-state index contributed by atoms with van der Waals surface area (Å²) in [7, 11) is 1.88. The Hall–Kier alpha value is -1.60. The number of hydrogen-bond acceptors (Lipinski definition) is 2. The molecule has 2 saturated heterocycles. The van der Waals surface area contributed by atoms with Crippen LogP contribution >= 0.6 is 24.0 Å². The fourth-order valence-electron chi connectivity index (χ4n) is 4.91. The van der Waals surface area contributed by atoms with Gasteiger partial charge in [-0.2, -0.15) is 0 Å². The van der Waals surface area contributed by atoms with Crippen LogP contribution in [0.2, 0.25) is 0 Å². The molecule has 2 heterocycles. The van der Waals surface area contributed by atoms with Gasteiger partial charge in [-0.05, 0) is 50.2 Å². The second-order valence-electron chi connectivity index (χ2n) is 8.59. The molecule has 0 saturated carbocycles. The van der Waals surface area contributed by atoms with Crippen molar-refractivity contribution >= 4 is 29.9 Å². The molecular weight excluding hydrogens is 483 g/mol. The number of benzene rings is 2. The maximum Gasteiger partial charge on any atom is 0.191 e. The van der Waals surface area contributed by atoms with Gasteiger partial charge in [0.15, 0.2) is 5.96 Å². The van der Waals surface area contributed by atoms with E-state index in [4.69, 9.17) is 0 Å². The number of fused-ring (bicyclic) bond motifs is 2. The van der Waals surface area contributed by atoms with Crippen LogP contribution in [-0.2, 0) is 13.0 Å². The van der Waals surface area contributed by atoms with Crippen LogP contribution in [0, 0.1) is 6.92 Å². The summed E-state index contributed by atoms with van der Waals surface area (Å²) in [4.78, 5) is 7.20. The third-order valence-corrected chi connectivity index (χ3v) is 6.48. The van der Waals surface area contributed by atoms with Crippen LogP contribution < -0.4 is 10.6 Å². The molecule has 0 spiro atoms. The van der Waals surface area contributed by atoms with E-state index in [9.17, 15) is 0 Å². The minimum atomic E-state index is 0. The molecule has 2 unspecified atom stereocenters. The quantitative estimate of drug-likeness (QED) is 0.336. The van der Waals surface area contributed by atoms with Crippen LogP contribution in [0.15, 0.2) is 59.6 Å². The van der Waals surface area contributed by atoms with E-state index in [1.165, 1.54) is 42.4 Å². The van der Waals surface area contributed by atoms with E-state index in [0.29, 0.717) is 18.1 Å². The number of rotatable bonds is 6. The molecule has 2 aliphatic heterocycles. The normalized spacial score (nSPS) is 23.7. The number of piperidine rings is 1. The van der Waals surface area contributed by atoms with Crippen LogP contribution in [0.1, 0.15) is 42.4 Å². The smallest absolute Gasteiger partial charge is 0.191 e. The molecular formula is C25H35IN4. The van der Waals surface area contributed by atoms with Gasteiger partial charge >= 0.3 is 0 Å². The lowest BCUT2D eigenvalue weighted by atomic mass is 9.96. The minimum Gasteiger partial charge on any atom is -0.356 e. The average molecular weight is 518 g/mol. The number of aliphatic imine (C=N–C) groups is 1. The molecule has 4 rings (SSSR count). The first-order valence-electron chi connectivity index (χ1n) is 11.0. The number of hydrogen-bond donors (Lipinski definition) is 2. The number of nitrogens with one attached hydrogen (secondary N) is 2. The molecule has 2 aromatic carbocycles. The lowest BCUT2D eigenvalue weighted by molar-refractivity contribution is 0.114. The minimum absolute atomic E-state index is 0. The predicted octanol–water partition coefficient (Wildman–Crippen LogP) is 4.52. The van der Waals surface area contributed by atoms with E-state index in [0.717, 1.165) is 25.5 Å². The van der Waals surface area contributed by atoms with Crippen LogP contribution in [0.4, 0.5) is 0 Å². The maximum absolute atomic E-state index is 4.47. The zero-order valence-corrected chi connectivity index (χ0v) is 20.5. The van der Waals surface area contributed by atoms with Crippen molar-refractivity contribution in [2.24, 2.45) is 4.99 Å². The largest absolute Gasteiger partial charge is 0.356 e. The first kappa shape index (κ1) is 23.1. The summed E-state index contributed by atoms with van der Waals surface area (Å²) in [6.07, 6.45) is 6.09. The van der Waals surface area contributed by atoms with Gasteiger partial charge < -0.3 is 10.6 Å². The van der Waals surface area contributed by atoms with Crippen molar-refractivity contribution in [2.75, 3.05) is 13.6 Å². The van der Waals surface area contributed by atoms with Crippen molar-refractivity contribution in [3.8, 4) is 0 Å². The van der Waals surface area contributed by atoms with Gasteiger partial charge in [-0.25, -0.2) is 0 Å². The Morgan fingerprint density at radius 3 is 2.27 bits per heavy atom. The topological polar surface area (TPSA) is 39.7 Å². The molecule has 0 amide bonds. The Morgan fingerprint density at radius 1 is 0.967 bits per heavy atom. The molecule has 0 aromatic heterocycles. The highest BCUT2D eigenvalue weighted by molar-refractivity contribution is 14.0. The van der Waals surface area contributed by atoms with Crippen molar-refractivity contribution in [1.29, 1.82) is 0 Å². The summed E-state index contributed by atoms with van der Waals surface area (Å²) < 4.78 is 0. The lowest BCUT2D eigenvalue weighted by Gasteiger charge is -2.39.